The molecule has 0 N–H and O–H groups in total. The first-order chi connectivity index (χ1) is 29.0. The van der Waals surface area contributed by atoms with Gasteiger partial charge in [0.1, 0.15) is 11.2 Å². The molecule has 0 bridgehead atoms. The third kappa shape index (κ3) is 4.65. The van der Waals surface area contributed by atoms with E-state index in [0.717, 1.165) is 38.5 Å². The van der Waals surface area contributed by atoms with E-state index < -0.39 is 0 Å². The summed E-state index contributed by atoms with van der Waals surface area (Å²) >= 11 is 1.93. The van der Waals surface area contributed by atoms with Crippen LogP contribution in [-0.4, -0.2) is 4.98 Å². The van der Waals surface area contributed by atoms with E-state index in [2.05, 4.69) is 190 Å². The summed E-state index contributed by atoms with van der Waals surface area (Å²) in [5.74, 6) is 0. The summed E-state index contributed by atoms with van der Waals surface area (Å²) in [6.07, 6.45) is 0. The fraction of sp³-hybridized carbons (Fsp3) is 0.0536. The van der Waals surface area contributed by atoms with Crippen LogP contribution in [0.4, 0.5) is 0 Å². The van der Waals surface area contributed by atoms with Gasteiger partial charge in [-0.05, 0) is 115 Å². The summed E-state index contributed by atoms with van der Waals surface area (Å²) in [6, 6.07) is 64.3. The molecule has 3 heteroatoms. The second-order valence-corrected chi connectivity index (χ2v) is 17.7. The number of rotatable bonds is 3. The van der Waals surface area contributed by atoms with Crippen LogP contribution in [-0.2, 0) is 5.41 Å². The molecule has 0 unspecified atom stereocenters. The average Bonchev–Trinajstić information content (AvgIpc) is 3.91. The molecule has 59 heavy (non-hydrogen) atoms. The molecule has 1 aliphatic carbocycles. The first-order valence-corrected chi connectivity index (χ1v) is 21.2. The Hall–Kier alpha value is -7.07. The number of para-hydroxylation sites is 1. The lowest BCUT2D eigenvalue weighted by Crippen LogP contribution is -2.15. The topological polar surface area (TPSA) is 26.0 Å². The molecule has 3 aromatic heterocycles. The van der Waals surface area contributed by atoms with Crippen molar-refractivity contribution in [3.8, 4) is 44.6 Å². The molecule has 0 spiro atoms. The zero-order valence-electron chi connectivity index (χ0n) is 32.5. The standard InChI is InChI=1S/C56H35NOS/c1-56(2)46-31-34(19-23-36(46)42-24-25-43-37-12-8-10-18-51(37)59-55(43)54(42)56)33-21-27-49-44(29-33)45-30-35(22-28-50(45)58-49)52-38-13-4-6-15-40(38)53(41-16-7-5-14-39(41)52)48-26-20-32-11-3-9-17-47(32)57-48/h3-31H,1-2H3. The molecule has 0 atom stereocenters. The van der Waals surface area contributed by atoms with Crippen LogP contribution < -0.4 is 0 Å². The lowest BCUT2D eigenvalue weighted by Gasteiger charge is -2.22. The van der Waals surface area contributed by atoms with Crippen molar-refractivity contribution in [1.29, 1.82) is 0 Å². The maximum atomic E-state index is 6.53. The first kappa shape index (κ1) is 33.0. The molecule has 13 rings (SSSR count). The first-order valence-electron chi connectivity index (χ1n) is 20.4. The largest absolute Gasteiger partial charge is 0.456 e. The maximum absolute atomic E-state index is 6.53. The molecular formula is C56H35NOS. The summed E-state index contributed by atoms with van der Waals surface area (Å²) in [5, 5.41) is 10.9. The van der Waals surface area contributed by atoms with Crippen molar-refractivity contribution in [2.24, 2.45) is 0 Å². The van der Waals surface area contributed by atoms with Crippen molar-refractivity contribution in [1.82, 2.24) is 4.98 Å². The fourth-order valence-electron chi connectivity index (χ4n) is 10.3. The van der Waals surface area contributed by atoms with Crippen LogP contribution in [0, 0.1) is 0 Å². The van der Waals surface area contributed by atoms with Crippen molar-refractivity contribution in [2.75, 3.05) is 0 Å². The van der Waals surface area contributed by atoms with E-state index in [1.807, 2.05) is 11.3 Å². The quantitative estimate of drug-likeness (QED) is 0.167. The molecular weight excluding hydrogens is 735 g/mol. The monoisotopic (exact) mass is 769 g/mol. The lowest BCUT2D eigenvalue weighted by molar-refractivity contribution is 0.667. The molecule has 0 saturated heterocycles. The summed E-state index contributed by atoms with van der Waals surface area (Å²) in [7, 11) is 0. The van der Waals surface area contributed by atoms with E-state index in [4.69, 9.17) is 9.40 Å². The Kier molecular flexibility index (Phi) is 6.69. The van der Waals surface area contributed by atoms with E-state index in [1.54, 1.807) is 0 Å². The van der Waals surface area contributed by atoms with Crippen molar-refractivity contribution in [3.63, 3.8) is 0 Å². The fourth-order valence-corrected chi connectivity index (χ4v) is 11.7. The predicted octanol–water partition coefficient (Wildman–Crippen LogP) is 16.1. The smallest absolute Gasteiger partial charge is 0.135 e. The number of pyridine rings is 1. The predicted molar refractivity (Wildman–Crippen MR) is 251 cm³/mol. The number of hydrogen-bond donors (Lipinski definition) is 0. The van der Waals surface area contributed by atoms with E-state index >= 15 is 0 Å². The van der Waals surface area contributed by atoms with E-state index in [9.17, 15) is 0 Å². The number of aromatic nitrogens is 1. The van der Waals surface area contributed by atoms with Gasteiger partial charge >= 0.3 is 0 Å². The molecule has 276 valence electrons. The molecule has 0 radical (unpaired) electrons. The van der Waals surface area contributed by atoms with Gasteiger partial charge < -0.3 is 4.42 Å². The van der Waals surface area contributed by atoms with Gasteiger partial charge in [0.2, 0.25) is 0 Å². The summed E-state index contributed by atoms with van der Waals surface area (Å²) < 4.78 is 9.29. The van der Waals surface area contributed by atoms with Gasteiger partial charge in [0.15, 0.2) is 0 Å². The number of hydrogen-bond acceptors (Lipinski definition) is 3. The zero-order chi connectivity index (χ0) is 39.0. The van der Waals surface area contributed by atoms with Crippen molar-refractivity contribution in [3.05, 3.63) is 187 Å². The zero-order valence-corrected chi connectivity index (χ0v) is 33.3. The average molecular weight is 770 g/mol. The van der Waals surface area contributed by atoms with Crippen LogP contribution in [0.3, 0.4) is 0 Å². The Labute approximate surface area is 344 Å². The number of furan rings is 1. The van der Waals surface area contributed by atoms with Gasteiger partial charge in [-0.2, -0.15) is 0 Å². The van der Waals surface area contributed by atoms with Crippen LogP contribution in [0.15, 0.2) is 180 Å². The third-order valence-corrected chi connectivity index (χ3v) is 14.2. The van der Waals surface area contributed by atoms with Crippen molar-refractivity contribution in [2.45, 2.75) is 19.3 Å². The second kappa shape index (κ2) is 12.0. The Balaban J connectivity index is 0.961. The van der Waals surface area contributed by atoms with Crippen LogP contribution in [0.1, 0.15) is 25.0 Å². The van der Waals surface area contributed by atoms with Crippen molar-refractivity contribution >= 4 is 85.9 Å². The van der Waals surface area contributed by atoms with Gasteiger partial charge in [-0.1, -0.05) is 141 Å². The van der Waals surface area contributed by atoms with Crippen LogP contribution in [0.25, 0.3) is 119 Å². The van der Waals surface area contributed by atoms with Gasteiger partial charge in [0.25, 0.3) is 0 Å². The Morgan fingerprint density at radius 2 is 1.05 bits per heavy atom. The van der Waals surface area contributed by atoms with Gasteiger partial charge in [-0.15, -0.1) is 11.3 Å². The highest BCUT2D eigenvalue weighted by Crippen LogP contribution is 2.54. The maximum Gasteiger partial charge on any atom is 0.135 e. The molecule has 2 nitrogen and oxygen atoms in total. The summed E-state index contributed by atoms with van der Waals surface area (Å²) in [5.41, 5.74) is 15.2. The van der Waals surface area contributed by atoms with Gasteiger partial charge in [-0.3, -0.25) is 0 Å². The van der Waals surface area contributed by atoms with Gasteiger partial charge in [-0.25, -0.2) is 4.98 Å². The minimum absolute atomic E-state index is 0.131. The second-order valence-electron chi connectivity index (χ2n) is 16.6. The highest BCUT2D eigenvalue weighted by atomic mass is 32.1. The molecule has 0 saturated carbocycles. The van der Waals surface area contributed by atoms with E-state index in [1.165, 1.54) is 91.8 Å². The molecule has 12 aromatic rings. The molecule has 9 aromatic carbocycles. The highest BCUT2D eigenvalue weighted by Gasteiger charge is 2.38. The van der Waals surface area contributed by atoms with E-state index in [0.29, 0.717) is 0 Å². The number of thiophene rings is 1. The van der Waals surface area contributed by atoms with Gasteiger partial charge in [0, 0.05) is 47.3 Å². The highest BCUT2D eigenvalue weighted by molar-refractivity contribution is 7.26. The molecule has 0 fully saturated rings. The Morgan fingerprint density at radius 3 is 1.81 bits per heavy atom. The SMILES string of the molecule is CC1(C)c2cc(-c3ccc4oc5ccc(-c6c7ccccc7c(-c7ccc8ccccc8n7)c7ccccc67)cc5c4c3)ccc2-c2ccc3c(sc4ccccc43)c21. The minimum Gasteiger partial charge on any atom is -0.456 e. The minimum atomic E-state index is -0.131. The summed E-state index contributed by atoms with van der Waals surface area (Å²) in [4.78, 5) is 5.20. The number of nitrogens with zero attached hydrogens (tertiary/aromatic N) is 1. The van der Waals surface area contributed by atoms with Crippen LogP contribution in [0.5, 0.6) is 0 Å². The van der Waals surface area contributed by atoms with Crippen LogP contribution in [0.2, 0.25) is 0 Å². The van der Waals surface area contributed by atoms with Crippen LogP contribution >= 0.6 is 11.3 Å². The third-order valence-electron chi connectivity index (χ3n) is 13.0. The molecule has 1 aliphatic rings. The molecule has 3 heterocycles. The normalized spacial score (nSPS) is 13.4. The Morgan fingerprint density at radius 1 is 0.458 bits per heavy atom. The number of fused-ring (bicyclic) bond motifs is 13. The van der Waals surface area contributed by atoms with Crippen molar-refractivity contribution < 1.29 is 4.42 Å². The Bertz CT molecular complexity index is 3710. The van der Waals surface area contributed by atoms with Gasteiger partial charge in [0.05, 0.1) is 11.2 Å². The van der Waals surface area contributed by atoms with E-state index in [-0.39, 0.29) is 5.41 Å². The molecule has 0 aliphatic heterocycles. The lowest BCUT2D eigenvalue weighted by atomic mass is 9.81. The number of benzene rings is 9. The summed E-state index contributed by atoms with van der Waals surface area (Å²) in [6.45, 7) is 4.80. The molecule has 0 amide bonds.